The van der Waals surface area contributed by atoms with Gasteiger partial charge in [0, 0.05) is 17.6 Å². The van der Waals surface area contributed by atoms with Crippen molar-refractivity contribution >= 4 is 27.6 Å². The van der Waals surface area contributed by atoms with Crippen molar-refractivity contribution in [2.45, 2.75) is 45.1 Å². The fourth-order valence-corrected chi connectivity index (χ4v) is 3.90. The Balaban J connectivity index is 1.68. The standard InChI is InChI=1S/C23H26N4O4S/c1-5-20(31-21-8-6-7-15(2)17(21)4)22(28)26-18-9-11-19(12-10-18)32(29,30)27-23-24-14-13-16(3)25-23/h6-14,20H,5H2,1-4H3,(H,26,28)(H,24,25,27). The van der Waals surface area contributed by atoms with Crippen molar-refractivity contribution in [1.29, 1.82) is 0 Å². The molecule has 0 saturated heterocycles. The van der Waals surface area contributed by atoms with Gasteiger partial charge in [0.25, 0.3) is 15.9 Å². The smallest absolute Gasteiger partial charge is 0.265 e. The molecule has 8 nitrogen and oxygen atoms in total. The summed E-state index contributed by atoms with van der Waals surface area (Å²) in [6.45, 7) is 7.54. The summed E-state index contributed by atoms with van der Waals surface area (Å²) < 4.78 is 33.4. The molecule has 168 valence electrons. The fourth-order valence-electron chi connectivity index (χ4n) is 2.94. The zero-order valence-electron chi connectivity index (χ0n) is 18.4. The van der Waals surface area contributed by atoms with Crippen LogP contribution in [0.25, 0.3) is 0 Å². The third kappa shape index (κ3) is 5.61. The number of anilines is 2. The molecule has 0 fully saturated rings. The van der Waals surface area contributed by atoms with E-state index in [1.165, 1.54) is 30.5 Å². The first kappa shape index (κ1) is 23.2. The van der Waals surface area contributed by atoms with Crippen molar-refractivity contribution in [2.75, 3.05) is 10.0 Å². The largest absolute Gasteiger partial charge is 0.480 e. The van der Waals surface area contributed by atoms with E-state index < -0.39 is 16.1 Å². The maximum absolute atomic E-state index is 12.7. The lowest BCUT2D eigenvalue weighted by atomic mass is 10.1. The van der Waals surface area contributed by atoms with E-state index in [1.54, 1.807) is 13.0 Å². The quantitative estimate of drug-likeness (QED) is 0.532. The van der Waals surface area contributed by atoms with Crippen molar-refractivity contribution in [3.63, 3.8) is 0 Å². The number of ether oxygens (including phenoxy) is 1. The normalized spacial score (nSPS) is 12.1. The maximum atomic E-state index is 12.7. The molecular weight excluding hydrogens is 428 g/mol. The third-order valence-electron chi connectivity index (χ3n) is 4.94. The number of carbonyl (C=O) groups excluding carboxylic acids is 1. The number of hydrogen-bond acceptors (Lipinski definition) is 6. The molecule has 2 N–H and O–H groups in total. The summed E-state index contributed by atoms with van der Waals surface area (Å²) in [7, 11) is -3.86. The molecular formula is C23H26N4O4S. The van der Waals surface area contributed by atoms with Crippen molar-refractivity contribution in [3.8, 4) is 5.75 Å². The number of benzene rings is 2. The Morgan fingerprint density at radius 1 is 1.06 bits per heavy atom. The lowest BCUT2D eigenvalue weighted by Gasteiger charge is -2.19. The minimum atomic E-state index is -3.86. The first-order chi connectivity index (χ1) is 15.2. The molecule has 0 spiro atoms. The van der Waals surface area contributed by atoms with Crippen LogP contribution in [0.15, 0.2) is 59.6 Å². The lowest BCUT2D eigenvalue weighted by molar-refractivity contribution is -0.122. The van der Waals surface area contributed by atoms with E-state index >= 15 is 0 Å². The second-order valence-corrected chi connectivity index (χ2v) is 9.04. The van der Waals surface area contributed by atoms with Crippen molar-refractivity contribution in [3.05, 3.63) is 71.5 Å². The Bertz CT molecular complexity index is 1210. The number of nitrogens with one attached hydrogen (secondary N) is 2. The highest BCUT2D eigenvalue weighted by atomic mass is 32.2. The Labute approximate surface area is 188 Å². The van der Waals surface area contributed by atoms with Gasteiger partial charge in [0.15, 0.2) is 6.10 Å². The SMILES string of the molecule is CCC(Oc1cccc(C)c1C)C(=O)Nc1ccc(S(=O)(=O)Nc2nccc(C)n2)cc1. The van der Waals surface area contributed by atoms with Gasteiger partial charge in [0.2, 0.25) is 5.95 Å². The fraction of sp³-hybridized carbons (Fsp3) is 0.261. The molecule has 0 aliphatic carbocycles. The number of amides is 1. The molecule has 0 saturated carbocycles. The number of rotatable bonds is 8. The molecule has 1 aromatic heterocycles. The highest BCUT2D eigenvalue weighted by molar-refractivity contribution is 7.92. The van der Waals surface area contributed by atoms with E-state index in [9.17, 15) is 13.2 Å². The van der Waals surface area contributed by atoms with Crippen LogP contribution in [-0.2, 0) is 14.8 Å². The number of carbonyl (C=O) groups is 1. The number of hydrogen-bond donors (Lipinski definition) is 2. The van der Waals surface area contributed by atoms with Gasteiger partial charge in [-0.25, -0.2) is 23.1 Å². The summed E-state index contributed by atoms with van der Waals surface area (Å²) in [5, 5.41) is 2.78. The molecule has 0 radical (unpaired) electrons. The van der Waals surface area contributed by atoms with Crippen LogP contribution < -0.4 is 14.8 Å². The second kappa shape index (κ2) is 9.78. The van der Waals surface area contributed by atoms with E-state index in [0.29, 0.717) is 23.6 Å². The maximum Gasteiger partial charge on any atom is 0.265 e. The van der Waals surface area contributed by atoms with Gasteiger partial charge in [-0.3, -0.25) is 4.79 Å². The zero-order chi connectivity index (χ0) is 23.3. The summed E-state index contributed by atoms with van der Waals surface area (Å²) >= 11 is 0. The van der Waals surface area contributed by atoms with Gasteiger partial charge in [0.1, 0.15) is 5.75 Å². The summed E-state index contributed by atoms with van der Waals surface area (Å²) in [4.78, 5) is 20.7. The molecule has 1 amide bonds. The van der Waals surface area contributed by atoms with Gasteiger partial charge >= 0.3 is 0 Å². The summed E-state index contributed by atoms with van der Waals surface area (Å²) in [5.74, 6) is 0.352. The van der Waals surface area contributed by atoms with Crippen molar-refractivity contribution in [1.82, 2.24) is 9.97 Å². The predicted molar refractivity (Wildman–Crippen MR) is 123 cm³/mol. The molecule has 3 rings (SSSR count). The Morgan fingerprint density at radius 3 is 2.44 bits per heavy atom. The molecule has 0 bridgehead atoms. The van der Waals surface area contributed by atoms with Crippen LogP contribution in [0.1, 0.15) is 30.2 Å². The lowest BCUT2D eigenvalue weighted by Crippen LogP contribution is -2.32. The molecule has 2 aromatic carbocycles. The van der Waals surface area contributed by atoms with Crippen LogP contribution in [0.3, 0.4) is 0 Å². The molecule has 3 aromatic rings. The van der Waals surface area contributed by atoms with Crippen molar-refractivity contribution in [2.24, 2.45) is 0 Å². The molecule has 1 heterocycles. The van der Waals surface area contributed by atoms with Crippen LogP contribution in [-0.4, -0.2) is 30.4 Å². The topological polar surface area (TPSA) is 110 Å². The van der Waals surface area contributed by atoms with Crippen LogP contribution in [0, 0.1) is 20.8 Å². The highest BCUT2D eigenvalue weighted by Crippen LogP contribution is 2.23. The average Bonchev–Trinajstić information content (AvgIpc) is 2.75. The van der Waals surface area contributed by atoms with Gasteiger partial charge in [-0.15, -0.1) is 0 Å². The number of aromatic nitrogens is 2. The molecule has 32 heavy (non-hydrogen) atoms. The molecule has 1 unspecified atom stereocenters. The molecule has 0 aliphatic rings. The summed E-state index contributed by atoms with van der Waals surface area (Å²) in [6, 6.07) is 13.2. The molecule has 9 heteroatoms. The number of sulfonamides is 1. The Kier molecular flexibility index (Phi) is 7.09. The second-order valence-electron chi connectivity index (χ2n) is 7.35. The highest BCUT2D eigenvalue weighted by Gasteiger charge is 2.21. The number of aryl methyl sites for hydroxylation is 2. The third-order valence-corrected chi connectivity index (χ3v) is 6.28. The zero-order valence-corrected chi connectivity index (χ0v) is 19.2. The van der Waals surface area contributed by atoms with Gasteiger partial charge in [-0.05, 0) is 74.7 Å². The van der Waals surface area contributed by atoms with Crippen LogP contribution in [0.2, 0.25) is 0 Å². The van der Waals surface area contributed by atoms with Gasteiger partial charge in [0.05, 0.1) is 4.90 Å². The van der Waals surface area contributed by atoms with Crippen LogP contribution in [0.5, 0.6) is 5.75 Å². The first-order valence-corrected chi connectivity index (χ1v) is 11.6. The summed E-state index contributed by atoms with van der Waals surface area (Å²) in [5.41, 5.74) is 3.17. The Morgan fingerprint density at radius 2 is 1.78 bits per heavy atom. The summed E-state index contributed by atoms with van der Waals surface area (Å²) in [6.07, 6.45) is 1.27. The minimum absolute atomic E-state index is 0.00300. The van der Waals surface area contributed by atoms with E-state index in [1.807, 2.05) is 39.0 Å². The van der Waals surface area contributed by atoms with E-state index in [2.05, 4.69) is 20.0 Å². The molecule has 1 atom stereocenters. The molecule has 0 aliphatic heterocycles. The average molecular weight is 455 g/mol. The first-order valence-electron chi connectivity index (χ1n) is 10.2. The monoisotopic (exact) mass is 454 g/mol. The van der Waals surface area contributed by atoms with E-state index in [0.717, 1.165) is 11.1 Å². The van der Waals surface area contributed by atoms with Gasteiger partial charge in [-0.1, -0.05) is 19.1 Å². The van der Waals surface area contributed by atoms with E-state index in [-0.39, 0.29) is 16.8 Å². The van der Waals surface area contributed by atoms with Gasteiger partial charge < -0.3 is 10.1 Å². The van der Waals surface area contributed by atoms with Gasteiger partial charge in [-0.2, -0.15) is 0 Å². The van der Waals surface area contributed by atoms with E-state index in [4.69, 9.17) is 4.74 Å². The Hall–Kier alpha value is -3.46. The van der Waals surface area contributed by atoms with Crippen molar-refractivity contribution < 1.29 is 17.9 Å². The van der Waals surface area contributed by atoms with Crippen LogP contribution in [0.4, 0.5) is 11.6 Å². The minimum Gasteiger partial charge on any atom is -0.480 e. The number of nitrogens with zero attached hydrogens (tertiary/aromatic N) is 2. The van der Waals surface area contributed by atoms with Crippen LogP contribution >= 0.6 is 0 Å². The predicted octanol–water partition coefficient (Wildman–Crippen LogP) is 4.00.